The molecular weight excluding hydrogens is 295 g/mol. The fourth-order valence-electron chi connectivity index (χ4n) is 1.09. The highest BCUT2D eigenvalue weighted by atomic mass is 79.9. The Balaban J connectivity index is 2.17. The van der Waals surface area contributed by atoms with Gasteiger partial charge >= 0.3 is 0 Å². The van der Waals surface area contributed by atoms with Crippen molar-refractivity contribution in [2.45, 2.75) is 0 Å². The Bertz CT molecular complexity index is 527. The lowest BCUT2D eigenvalue weighted by molar-refractivity contribution is 0.0995. The Morgan fingerprint density at radius 1 is 1.44 bits per heavy atom. The zero-order valence-corrected chi connectivity index (χ0v) is 10.2. The van der Waals surface area contributed by atoms with E-state index in [4.69, 9.17) is 16.0 Å². The van der Waals surface area contributed by atoms with Crippen LogP contribution in [0.1, 0.15) is 10.6 Å². The van der Waals surface area contributed by atoms with Crippen molar-refractivity contribution in [2.24, 2.45) is 0 Å². The molecular formula is C10H6BrClN2O2. The van der Waals surface area contributed by atoms with Gasteiger partial charge < -0.3 is 9.73 Å². The molecule has 0 bridgehead atoms. The highest BCUT2D eigenvalue weighted by molar-refractivity contribution is 9.10. The summed E-state index contributed by atoms with van der Waals surface area (Å²) in [5.74, 6) is -0.174. The van der Waals surface area contributed by atoms with Crippen LogP contribution in [-0.2, 0) is 0 Å². The summed E-state index contributed by atoms with van der Waals surface area (Å²) in [6, 6.07) is 4.79. The third-order valence-corrected chi connectivity index (χ3v) is 2.57. The Morgan fingerprint density at radius 3 is 2.88 bits per heavy atom. The number of anilines is 1. The summed E-state index contributed by atoms with van der Waals surface area (Å²) in [5, 5.41) is 3.02. The van der Waals surface area contributed by atoms with Gasteiger partial charge in [0.2, 0.25) is 0 Å². The molecule has 0 atom stereocenters. The summed E-state index contributed by atoms with van der Waals surface area (Å²) in [6.45, 7) is 0. The zero-order chi connectivity index (χ0) is 11.5. The maximum atomic E-state index is 11.7. The van der Waals surface area contributed by atoms with E-state index < -0.39 is 0 Å². The number of hydrogen-bond donors (Lipinski definition) is 1. The van der Waals surface area contributed by atoms with Crippen LogP contribution in [0.15, 0.2) is 39.7 Å². The minimum absolute atomic E-state index is 0.201. The summed E-state index contributed by atoms with van der Waals surface area (Å²) >= 11 is 8.98. The molecule has 0 aliphatic rings. The van der Waals surface area contributed by atoms with Gasteiger partial charge in [0.15, 0.2) is 10.4 Å². The smallest absolute Gasteiger partial charge is 0.291 e. The second-order valence-electron chi connectivity index (χ2n) is 2.91. The lowest BCUT2D eigenvalue weighted by Gasteiger charge is -2.03. The van der Waals surface area contributed by atoms with Gasteiger partial charge in [-0.15, -0.1) is 0 Å². The number of nitrogens with one attached hydrogen (secondary N) is 1. The average molecular weight is 302 g/mol. The minimum Gasteiger partial charge on any atom is -0.444 e. The predicted octanol–water partition coefficient (Wildman–Crippen LogP) is 3.34. The predicted molar refractivity (Wildman–Crippen MR) is 63.6 cm³/mol. The van der Waals surface area contributed by atoms with Crippen molar-refractivity contribution in [3.8, 4) is 0 Å². The van der Waals surface area contributed by atoms with Crippen LogP contribution in [0.25, 0.3) is 0 Å². The molecule has 2 heterocycles. The van der Waals surface area contributed by atoms with E-state index in [-0.39, 0.29) is 11.7 Å². The van der Waals surface area contributed by atoms with Crippen LogP contribution < -0.4 is 5.32 Å². The normalized spacial score (nSPS) is 10.1. The van der Waals surface area contributed by atoms with Crippen LogP contribution in [0.4, 0.5) is 5.69 Å². The molecule has 16 heavy (non-hydrogen) atoms. The van der Waals surface area contributed by atoms with E-state index >= 15 is 0 Å². The number of amides is 1. The van der Waals surface area contributed by atoms with Gasteiger partial charge in [0.25, 0.3) is 5.91 Å². The van der Waals surface area contributed by atoms with Crippen molar-refractivity contribution in [3.63, 3.8) is 0 Å². The van der Waals surface area contributed by atoms with Gasteiger partial charge in [0.1, 0.15) is 0 Å². The molecule has 0 saturated heterocycles. The molecule has 4 nitrogen and oxygen atoms in total. The first kappa shape index (κ1) is 11.2. The SMILES string of the molecule is O=C(Nc1cnccc1Cl)c1ccc(Br)o1. The number of pyridine rings is 1. The molecule has 0 aliphatic carbocycles. The maximum Gasteiger partial charge on any atom is 0.291 e. The third-order valence-electron chi connectivity index (χ3n) is 1.81. The van der Waals surface area contributed by atoms with Crippen molar-refractivity contribution >= 4 is 39.1 Å². The Hall–Kier alpha value is -1.33. The van der Waals surface area contributed by atoms with Gasteiger partial charge in [0, 0.05) is 6.20 Å². The molecule has 6 heteroatoms. The van der Waals surface area contributed by atoms with E-state index in [1.54, 1.807) is 24.4 Å². The van der Waals surface area contributed by atoms with Gasteiger partial charge in [-0.05, 0) is 34.1 Å². The standard InChI is InChI=1S/C10H6BrClN2O2/c11-9-2-1-8(16-9)10(15)14-7-5-13-4-3-6(7)12/h1-5H,(H,14,15). The van der Waals surface area contributed by atoms with Crippen molar-refractivity contribution in [1.29, 1.82) is 0 Å². The monoisotopic (exact) mass is 300 g/mol. The number of halogens is 2. The lowest BCUT2D eigenvalue weighted by Crippen LogP contribution is -2.11. The Labute approximate surface area is 105 Å². The minimum atomic E-state index is -0.374. The highest BCUT2D eigenvalue weighted by Crippen LogP contribution is 2.21. The van der Waals surface area contributed by atoms with Crippen molar-refractivity contribution in [2.75, 3.05) is 5.32 Å². The van der Waals surface area contributed by atoms with Gasteiger partial charge in [-0.2, -0.15) is 0 Å². The first-order chi connectivity index (χ1) is 7.66. The third kappa shape index (κ3) is 2.43. The molecule has 2 rings (SSSR count). The summed E-state index contributed by atoms with van der Waals surface area (Å²) in [7, 11) is 0. The molecule has 2 aromatic heterocycles. The molecule has 1 amide bonds. The fourth-order valence-corrected chi connectivity index (χ4v) is 1.55. The van der Waals surface area contributed by atoms with E-state index in [0.29, 0.717) is 15.4 Å². The summed E-state index contributed by atoms with van der Waals surface area (Å²) in [6.07, 6.45) is 3.01. The summed E-state index contributed by atoms with van der Waals surface area (Å²) in [4.78, 5) is 15.5. The zero-order valence-electron chi connectivity index (χ0n) is 7.91. The number of carbonyl (C=O) groups is 1. The number of rotatable bonds is 2. The van der Waals surface area contributed by atoms with Gasteiger partial charge in [0.05, 0.1) is 16.9 Å². The van der Waals surface area contributed by atoms with Crippen LogP contribution in [-0.4, -0.2) is 10.9 Å². The molecule has 0 aliphatic heterocycles. The Morgan fingerprint density at radius 2 is 2.25 bits per heavy atom. The van der Waals surface area contributed by atoms with E-state index in [9.17, 15) is 4.79 Å². The van der Waals surface area contributed by atoms with Crippen LogP contribution in [0.2, 0.25) is 5.02 Å². The number of furan rings is 1. The quantitative estimate of drug-likeness (QED) is 0.925. The molecule has 0 unspecified atom stereocenters. The first-order valence-corrected chi connectivity index (χ1v) is 5.50. The average Bonchev–Trinajstić information content (AvgIpc) is 2.68. The van der Waals surface area contributed by atoms with E-state index in [0.717, 1.165) is 0 Å². The molecule has 0 fully saturated rings. The number of carbonyl (C=O) groups excluding carboxylic acids is 1. The molecule has 0 spiro atoms. The van der Waals surface area contributed by atoms with Crippen LogP contribution in [0.3, 0.4) is 0 Å². The summed E-state index contributed by atoms with van der Waals surface area (Å²) < 4.78 is 5.59. The molecule has 0 aromatic carbocycles. The second kappa shape index (κ2) is 4.67. The number of hydrogen-bond acceptors (Lipinski definition) is 3. The summed E-state index contributed by atoms with van der Waals surface area (Å²) in [5.41, 5.74) is 0.446. The van der Waals surface area contributed by atoms with Crippen molar-refractivity contribution in [1.82, 2.24) is 4.98 Å². The van der Waals surface area contributed by atoms with Crippen LogP contribution in [0.5, 0.6) is 0 Å². The van der Waals surface area contributed by atoms with Crippen molar-refractivity contribution < 1.29 is 9.21 Å². The van der Waals surface area contributed by atoms with Crippen LogP contribution >= 0.6 is 27.5 Å². The van der Waals surface area contributed by atoms with Gasteiger partial charge in [-0.1, -0.05) is 11.6 Å². The Kier molecular flexibility index (Phi) is 3.26. The highest BCUT2D eigenvalue weighted by Gasteiger charge is 2.11. The topological polar surface area (TPSA) is 55.1 Å². The number of nitrogens with zero attached hydrogens (tertiary/aromatic N) is 1. The maximum absolute atomic E-state index is 11.7. The van der Waals surface area contributed by atoms with Gasteiger partial charge in [-0.3, -0.25) is 9.78 Å². The molecule has 2 aromatic rings. The van der Waals surface area contributed by atoms with E-state index in [2.05, 4.69) is 26.2 Å². The van der Waals surface area contributed by atoms with Crippen LogP contribution in [0, 0.1) is 0 Å². The molecule has 0 saturated carbocycles. The van der Waals surface area contributed by atoms with Gasteiger partial charge in [-0.25, -0.2) is 0 Å². The van der Waals surface area contributed by atoms with E-state index in [1.807, 2.05) is 0 Å². The largest absolute Gasteiger partial charge is 0.444 e. The van der Waals surface area contributed by atoms with Crippen molar-refractivity contribution in [3.05, 3.63) is 46.0 Å². The molecule has 0 radical (unpaired) electrons. The first-order valence-electron chi connectivity index (χ1n) is 4.33. The molecule has 82 valence electrons. The second-order valence-corrected chi connectivity index (χ2v) is 4.10. The lowest BCUT2D eigenvalue weighted by atomic mass is 10.3. The fraction of sp³-hybridized carbons (Fsp3) is 0. The number of aromatic nitrogens is 1. The molecule has 1 N–H and O–H groups in total. The van der Waals surface area contributed by atoms with E-state index in [1.165, 1.54) is 6.20 Å².